The average Bonchev–Trinajstić information content (AvgIpc) is 3.51. The van der Waals surface area contributed by atoms with Crippen molar-refractivity contribution in [3.05, 3.63) is 84.9 Å². The summed E-state index contributed by atoms with van der Waals surface area (Å²) < 4.78 is 0. The molecule has 0 fully saturated rings. The Morgan fingerprint density at radius 3 is 2.65 bits per heavy atom. The van der Waals surface area contributed by atoms with Gasteiger partial charge in [-0.1, -0.05) is 25.1 Å². The summed E-state index contributed by atoms with van der Waals surface area (Å²) >= 11 is 0. The number of hydrogen-bond acceptors (Lipinski definition) is 5. The van der Waals surface area contributed by atoms with Gasteiger partial charge in [0, 0.05) is 47.8 Å². The van der Waals surface area contributed by atoms with Gasteiger partial charge >= 0.3 is 0 Å². The van der Waals surface area contributed by atoms with Gasteiger partial charge in [-0.05, 0) is 59.6 Å². The molecule has 0 atom stereocenters. The molecule has 0 bridgehead atoms. The minimum absolute atomic E-state index is 0.735. The van der Waals surface area contributed by atoms with Gasteiger partial charge in [0.05, 0.1) is 16.6 Å². The number of nitrogens with zero attached hydrogens (tertiary/aromatic N) is 4. The van der Waals surface area contributed by atoms with E-state index in [0.29, 0.717) is 0 Å². The Morgan fingerprint density at radius 1 is 0.853 bits per heavy atom. The fourth-order valence-corrected chi connectivity index (χ4v) is 4.29. The number of aromatic amines is 2. The highest BCUT2D eigenvalue weighted by molar-refractivity contribution is 5.98. The fraction of sp³-hybridized carbons (Fsp3) is 0.111. The minimum atomic E-state index is 0.735. The van der Waals surface area contributed by atoms with Crippen molar-refractivity contribution in [2.75, 3.05) is 6.54 Å². The second kappa shape index (κ2) is 8.53. The monoisotopic (exact) mass is 445 g/mol. The Kier molecular flexibility index (Phi) is 5.08. The van der Waals surface area contributed by atoms with E-state index < -0.39 is 0 Å². The summed E-state index contributed by atoms with van der Waals surface area (Å²) in [6.45, 7) is 3.83. The lowest BCUT2D eigenvalue weighted by atomic mass is 10.0. The van der Waals surface area contributed by atoms with Crippen LogP contribution in [0.1, 0.15) is 12.5 Å². The Labute approximate surface area is 196 Å². The maximum absolute atomic E-state index is 4.95. The van der Waals surface area contributed by atoms with Crippen molar-refractivity contribution in [2.45, 2.75) is 13.5 Å². The maximum atomic E-state index is 4.95. The van der Waals surface area contributed by atoms with Crippen LogP contribution in [-0.4, -0.2) is 36.7 Å². The highest BCUT2D eigenvalue weighted by atomic mass is 15.1. The van der Waals surface area contributed by atoms with Crippen LogP contribution in [0.2, 0.25) is 0 Å². The third kappa shape index (κ3) is 3.62. The maximum Gasteiger partial charge on any atom is 0.159 e. The van der Waals surface area contributed by atoms with Crippen molar-refractivity contribution < 1.29 is 0 Å². The lowest BCUT2D eigenvalue weighted by molar-refractivity contribution is 0.724. The van der Waals surface area contributed by atoms with Crippen LogP contribution in [0.25, 0.3) is 55.7 Å². The quantitative estimate of drug-likeness (QED) is 0.322. The number of benzene rings is 2. The number of fused-ring (bicyclic) bond motifs is 2. The Bertz CT molecular complexity index is 1600. The molecule has 0 unspecified atom stereocenters. The molecule has 4 aromatic heterocycles. The molecule has 2 aromatic carbocycles. The van der Waals surface area contributed by atoms with Gasteiger partial charge in [0.2, 0.25) is 0 Å². The number of rotatable bonds is 6. The van der Waals surface area contributed by atoms with Crippen LogP contribution in [-0.2, 0) is 6.54 Å². The fourth-order valence-electron chi connectivity index (χ4n) is 4.29. The predicted molar refractivity (Wildman–Crippen MR) is 135 cm³/mol. The second-order valence-corrected chi connectivity index (χ2v) is 8.22. The summed E-state index contributed by atoms with van der Waals surface area (Å²) in [6, 6.07) is 18.6. The van der Waals surface area contributed by atoms with Gasteiger partial charge in [-0.15, -0.1) is 0 Å². The molecular formula is C27H23N7. The number of aromatic nitrogens is 6. The van der Waals surface area contributed by atoms with Crippen molar-refractivity contribution in [3.63, 3.8) is 0 Å². The summed E-state index contributed by atoms with van der Waals surface area (Å²) in [5, 5.41) is 12.1. The van der Waals surface area contributed by atoms with Crippen molar-refractivity contribution >= 4 is 21.9 Å². The van der Waals surface area contributed by atoms with E-state index in [1.807, 2.05) is 36.7 Å². The van der Waals surface area contributed by atoms with E-state index in [1.54, 1.807) is 12.4 Å². The molecule has 0 aliphatic carbocycles. The molecule has 34 heavy (non-hydrogen) atoms. The van der Waals surface area contributed by atoms with Gasteiger partial charge in [0.25, 0.3) is 0 Å². The third-order valence-electron chi connectivity index (χ3n) is 6.00. The van der Waals surface area contributed by atoms with Crippen molar-refractivity contribution in [1.82, 2.24) is 35.5 Å². The van der Waals surface area contributed by atoms with Gasteiger partial charge in [-0.3, -0.25) is 15.1 Å². The van der Waals surface area contributed by atoms with Crippen LogP contribution < -0.4 is 5.32 Å². The first kappa shape index (κ1) is 20.3. The van der Waals surface area contributed by atoms with Crippen LogP contribution >= 0.6 is 0 Å². The highest BCUT2D eigenvalue weighted by Gasteiger charge is 2.16. The van der Waals surface area contributed by atoms with Crippen molar-refractivity contribution in [1.29, 1.82) is 0 Å². The Hall–Kier alpha value is -4.36. The van der Waals surface area contributed by atoms with E-state index in [0.717, 1.165) is 74.4 Å². The zero-order valence-corrected chi connectivity index (χ0v) is 18.7. The molecular weight excluding hydrogens is 422 g/mol. The van der Waals surface area contributed by atoms with E-state index in [-0.39, 0.29) is 0 Å². The number of H-pyrrole nitrogens is 2. The largest absolute Gasteiger partial charge is 0.337 e. The van der Waals surface area contributed by atoms with Crippen molar-refractivity contribution in [3.8, 4) is 33.8 Å². The molecule has 6 aromatic rings. The van der Waals surface area contributed by atoms with Gasteiger partial charge in [-0.2, -0.15) is 5.10 Å². The molecule has 0 aliphatic rings. The standard InChI is InChI=1S/C27H23N7/c1-2-28-14-17-12-20(16-30-15-17)19-6-7-23-22(13-19)26(34-33-23)27-31-24-5-3-4-21(25(24)32-27)18-8-10-29-11-9-18/h3-13,15-16,28H,2,14H2,1H3,(H,31,32)(H,33,34). The lowest BCUT2D eigenvalue weighted by Crippen LogP contribution is -2.11. The smallest absolute Gasteiger partial charge is 0.159 e. The summed E-state index contributed by atoms with van der Waals surface area (Å²) in [4.78, 5) is 17.0. The average molecular weight is 446 g/mol. The topological polar surface area (TPSA) is 95.2 Å². The molecule has 4 heterocycles. The van der Waals surface area contributed by atoms with Crippen LogP contribution in [0.5, 0.6) is 0 Å². The summed E-state index contributed by atoms with van der Waals surface area (Å²) in [6.07, 6.45) is 7.40. The van der Waals surface area contributed by atoms with Crippen LogP contribution in [0.4, 0.5) is 0 Å². The van der Waals surface area contributed by atoms with E-state index in [4.69, 9.17) is 4.98 Å². The Morgan fingerprint density at radius 2 is 1.76 bits per heavy atom. The Balaban J connectivity index is 1.44. The van der Waals surface area contributed by atoms with Crippen LogP contribution in [0, 0.1) is 0 Å². The predicted octanol–water partition coefficient (Wildman–Crippen LogP) is 5.34. The van der Waals surface area contributed by atoms with Gasteiger partial charge in [-0.25, -0.2) is 4.98 Å². The molecule has 7 nitrogen and oxygen atoms in total. The number of pyridine rings is 2. The van der Waals surface area contributed by atoms with Crippen LogP contribution in [0.15, 0.2) is 79.4 Å². The zero-order valence-electron chi connectivity index (χ0n) is 18.7. The van der Waals surface area contributed by atoms with Gasteiger partial charge in [0.15, 0.2) is 5.82 Å². The van der Waals surface area contributed by atoms with E-state index in [1.165, 1.54) is 0 Å². The first-order chi connectivity index (χ1) is 16.8. The zero-order chi connectivity index (χ0) is 22.9. The molecule has 0 saturated heterocycles. The molecule has 0 radical (unpaired) electrons. The molecule has 3 N–H and O–H groups in total. The van der Waals surface area contributed by atoms with Gasteiger partial charge < -0.3 is 10.3 Å². The first-order valence-corrected chi connectivity index (χ1v) is 11.3. The molecule has 0 amide bonds. The molecule has 0 aliphatic heterocycles. The van der Waals surface area contributed by atoms with Crippen LogP contribution in [0.3, 0.4) is 0 Å². The third-order valence-corrected chi connectivity index (χ3v) is 6.00. The van der Waals surface area contributed by atoms with E-state index >= 15 is 0 Å². The number of para-hydroxylation sites is 1. The molecule has 7 heteroatoms. The number of hydrogen-bond donors (Lipinski definition) is 3. The summed E-state index contributed by atoms with van der Waals surface area (Å²) in [5.74, 6) is 0.735. The summed E-state index contributed by atoms with van der Waals surface area (Å²) in [5.41, 5.74) is 9.12. The van der Waals surface area contributed by atoms with E-state index in [9.17, 15) is 0 Å². The molecule has 6 rings (SSSR count). The normalized spacial score (nSPS) is 11.4. The van der Waals surface area contributed by atoms with Gasteiger partial charge in [0.1, 0.15) is 5.69 Å². The SMILES string of the molecule is CCNCc1cncc(-c2ccc3[nH]nc(-c4nc5c(-c6ccncc6)cccc5[nH]4)c3c2)c1. The molecule has 0 spiro atoms. The summed E-state index contributed by atoms with van der Waals surface area (Å²) in [7, 11) is 0. The lowest BCUT2D eigenvalue weighted by Gasteiger charge is -2.06. The highest BCUT2D eigenvalue weighted by Crippen LogP contribution is 2.33. The van der Waals surface area contributed by atoms with Crippen molar-refractivity contribution in [2.24, 2.45) is 0 Å². The molecule has 166 valence electrons. The minimum Gasteiger partial charge on any atom is -0.337 e. The first-order valence-electron chi connectivity index (χ1n) is 11.3. The number of imidazole rings is 1. The number of nitrogens with one attached hydrogen (secondary N) is 3. The van der Waals surface area contributed by atoms with E-state index in [2.05, 4.69) is 67.7 Å². The second-order valence-electron chi connectivity index (χ2n) is 8.22. The molecule has 0 saturated carbocycles.